The highest BCUT2D eigenvalue weighted by atomic mass is 16.5. The number of rotatable bonds is 6. The molecule has 0 unspecified atom stereocenters. The summed E-state index contributed by atoms with van der Waals surface area (Å²) in [4.78, 5) is 28.0. The fourth-order valence-electron chi connectivity index (χ4n) is 2.77. The maximum Gasteiger partial charge on any atom is 0.289 e. The Balaban J connectivity index is 1.46. The van der Waals surface area contributed by atoms with Crippen molar-refractivity contribution in [3.63, 3.8) is 0 Å². The normalized spacial score (nSPS) is 14.2. The zero-order valence-corrected chi connectivity index (χ0v) is 14.7. The van der Waals surface area contributed by atoms with Gasteiger partial charge in [0.1, 0.15) is 11.5 Å². The van der Waals surface area contributed by atoms with Gasteiger partial charge < -0.3 is 23.7 Å². The summed E-state index contributed by atoms with van der Waals surface area (Å²) in [5.74, 6) is 1.38. The van der Waals surface area contributed by atoms with Gasteiger partial charge in [-0.15, -0.1) is 0 Å². The summed E-state index contributed by atoms with van der Waals surface area (Å²) in [5.41, 5.74) is 0. The molecule has 0 saturated carbocycles. The van der Waals surface area contributed by atoms with Crippen LogP contribution in [-0.4, -0.2) is 61.0 Å². The first-order valence-electron chi connectivity index (χ1n) is 8.63. The predicted octanol–water partition coefficient (Wildman–Crippen LogP) is 2.04. The molecule has 1 aliphatic rings. The Bertz CT molecular complexity index is 736. The Hall–Kier alpha value is -2.96. The quantitative estimate of drug-likeness (QED) is 0.790. The van der Waals surface area contributed by atoms with Gasteiger partial charge in [-0.3, -0.25) is 9.59 Å². The SMILES string of the molecule is CCOc1cccc(OCC(=O)N2CCN(C(=O)c3ccco3)CC2)c1. The molecule has 0 atom stereocenters. The van der Waals surface area contributed by atoms with Crippen LogP contribution in [0.4, 0.5) is 0 Å². The molecular formula is C19H22N2O5. The Morgan fingerprint density at radius 1 is 1.00 bits per heavy atom. The Labute approximate surface area is 152 Å². The minimum Gasteiger partial charge on any atom is -0.494 e. The van der Waals surface area contributed by atoms with Gasteiger partial charge in [0.05, 0.1) is 12.9 Å². The third kappa shape index (κ3) is 4.36. The van der Waals surface area contributed by atoms with E-state index < -0.39 is 0 Å². The second kappa shape index (κ2) is 8.42. The molecule has 7 heteroatoms. The molecule has 2 aromatic rings. The van der Waals surface area contributed by atoms with Crippen molar-refractivity contribution in [3.05, 3.63) is 48.4 Å². The first-order valence-corrected chi connectivity index (χ1v) is 8.63. The summed E-state index contributed by atoms with van der Waals surface area (Å²) in [6.45, 7) is 4.36. The average Bonchev–Trinajstić information content (AvgIpc) is 3.21. The monoisotopic (exact) mass is 358 g/mol. The van der Waals surface area contributed by atoms with Crippen molar-refractivity contribution in [3.8, 4) is 11.5 Å². The second-order valence-corrected chi connectivity index (χ2v) is 5.85. The number of carbonyl (C=O) groups excluding carboxylic acids is 2. The number of amides is 2. The molecule has 3 rings (SSSR count). The lowest BCUT2D eigenvalue weighted by Crippen LogP contribution is -2.51. The summed E-state index contributed by atoms with van der Waals surface area (Å²) in [7, 11) is 0. The van der Waals surface area contributed by atoms with Gasteiger partial charge in [0.2, 0.25) is 0 Å². The van der Waals surface area contributed by atoms with Gasteiger partial charge in [0, 0.05) is 32.2 Å². The van der Waals surface area contributed by atoms with Crippen LogP contribution in [0, 0.1) is 0 Å². The molecule has 0 N–H and O–H groups in total. The van der Waals surface area contributed by atoms with Gasteiger partial charge in [0.15, 0.2) is 12.4 Å². The van der Waals surface area contributed by atoms with Gasteiger partial charge in [-0.1, -0.05) is 6.07 Å². The van der Waals surface area contributed by atoms with Crippen molar-refractivity contribution >= 4 is 11.8 Å². The molecule has 26 heavy (non-hydrogen) atoms. The van der Waals surface area contributed by atoms with E-state index in [1.807, 2.05) is 19.1 Å². The lowest BCUT2D eigenvalue weighted by atomic mass is 10.3. The summed E-state index contributed by atoms with van der Waals surface area (Å²) >= 11 is 0. The van der Waals surface area contributed by atoms with Crippen LogP contribution in [-0.2, 0) is 4.79 Å². The molecular weight excluding hydrogens is 336 g/mol. The summed E-state index contributed by atoms with van der Waals surface area (Å²) in [6.07, 6.45) is 1.48. The Kier molecular flexibility index (Phi) is 5.78. The van der Waals surface area contributed by atoms with Gasteiger partial charge in [0.25, 0.3) is 11.8 Å². The van der Waals surface area contributed by atoms with Crippen LogP contribution in [0.1, 0.15) is 17.5 Å². The highest BCUT2D eigenvalue weighted by Crippen LogP contribution is 2.19. The van der Waals surface area contributed by atoms with Gasteiger partial charge in [-0.25, -0.2) is 0 Å². The standard InChI is InChI=1S/C19H22N2O5/c1-2-24-15-5-3-6-16(13-15)26-14-18(22)20-8-10-21(11-9-20)19(23)17-7-4-12-25-17/h3-7,12-13H,2,8-11,14H2,1H3. The van der Waals surface area contributed by atoms with E-state index in [2.05, 4.69) is 0 Å². The van der Waals surface area contributed by atoms with E-state index in [0.717, 1.165) is 0 Å². The highest BCUT2D eigenvalue weighted by molar-refractivity contribution is 5.91. The molecule has 2 amide bonds. The number of benzene rings is 1. The lowest BCUT2D eigenvalue weighted by molar-refractivity contribution is -0.134. The predicted molar refractivity (Wildman–Crippen MR) is 94.3 cm³/mol. The fraction of sp³-hybridized carbons (Fsp3) is 0.368. The third-order valence-corrected chi connectivity index (χ3v) is 4.13. The molecule has 1 aromatic carbocycles. The second-order valence-electron chi connectivity index (χ2n) is 5.85. The molecule has 0 radical (unpaired) electrons. The van der Waals surface area contributed by atoms with E-state index in [0.29, 0.717) is 50.0 Å². The summed E-state index contributed by atoms with van der Waals surface area (Å²) in [5, 5.41) is 0. The van der Waals surface area contributed by atoms with E-state index in [9.17, 15) is 9.59 Å². The van der Waals surface area contributed by atoms with E-state index in [1.54, 1.807) is 34.1 Å². The molecule has 1 saturated heterocycles. The molecule has 1 aliphatic heterocycles. The van der Waals surface area contributed by atoms with Gasteiger partial charge >= 0.3 is 0 Å². The number of nitrogens with zero attached hydrogens (tertiary/aromatic N) is 2. The van der Waals surface area contributed by atoms with Crippen molar-refractivity contribution in [2.24, 2.45) is 0 Å². The van der Waals surface area contributed by atoms with Crippen LogP contribution in [0.25, 0.3) is 0 Å². The zero-order chi connectivity index (χ0) is 18.4. The zero-order valence-electron chi connectivity index (χ0n) is 14.7. The largest absolute Gasteiger partial charge is 0.494 e. The molecule has 0 bridgehead atoms. The third-order valence-electron chi connectivity index (χ3n) is 4.13. The number of furan rings is 1. The van der Waals surface area contributed by atoms with Gasteiger partial charge in [-0.05, 0) is 31.2 Å². The van der Waals surface area contributed by atoms with Crippen LogP contribution in [0.3, 0.4) is 0 Å². The van der Waals surface area contributed by atoms with Crippen LogP contribution in [0.5, 0.6) is 11.5 Å². The maximum atomic E-state index is 12.3. The number of ether oxygens (including phenoxy) is 2. The first kappa shape index (κ1) is 17.8. The van der Waals surface area contributed by atoms with Crippen LogP contribution in [0.15, 0.2) is 47.1 Å². The Morgan fingerprint density at radius 3 is 2.35 bits per heavy atom. The number of hydrogen-bond acceptors (Lipinski definition) is 5. The van der Waals surface area contributed by atoms with Crippen molar-refractivity contribution < 1.29 is 23.5 Å². The van der Waals surface area contributed by atoms with Crippen molar-refractivity contribution in [1.82, 2.24) is 9.80 Å². The van der Waals surface area contributed by atoms with Crippen molar-refractivity contribution in [1.29, 1.82) is 0 Å². The van der Waals surface area contributed by atoms with Crippen LogP contribution in [0.2, 0.25) is 0 Å². The summed E-state index contributed by atoms with van der Waals surface area (Å²) < 4.78 is 16.1. The number of piperazine rings is 1. The first-order chi connectivity index (χ1) is 12.7. The van der Waals surface area contributed by atoms with Crippen molar-refractivity contribution in [2.75, 3.05) is 39.4 Å². The molecule has 1 aromatic heterocycles. The van der Waals surface area contributed by atoms with Crippen LogP contribution >= 0.6 is 0 Å². The highest BCUT2D eigenvalue weighted by Gasteiger charge is 2.26. The smallest absolute Gasteiger partial charge is 0.289 e. The average molecular weight is 358 g/mol. The van der Waals surface area contributed by atoms with E-state index in [-0.39, 0.29) is 18.4 Å². The van der Waals surface area contributed by atoms with Crippen LogP contribution < -0.4 is 9.47 Å². The molecule has 2 heterocycles. The molecule has 0 spiro atoms. The topological polar surface area (TPSA) is 72.2 Å². The fourth-order valence-corrected chi connectivity index (χ4v) is 2.77. The minimum atomic E-state index is -0.147. The number of hydrogen-bond donors (Lipinski definition) is 0. The minimum absolute atomic E-state index is 0.0400. The van der Waals surface area contributed by atoms with E-state index in [4.69, 9.17) is 13.9 Å². The van der Waals surface area contributed by atoms with E-state index >= 15 is 0 Å². The Morgan fingerprint density at radius 2 is 1.69 bits per heavy atom. The number of carbonyl (C=O) groups is 2. The molecule has 0 aliphatic carbocycles. The molecule has 7 nitrogen and oxygen atoms in total. The van der Waals surface area contributed by atoms with E-state index in [1.165, 1.54) is 6.26 Å². The maximum absolute atomic E-state index is 12.3. The summed E-state index contributed by atoms with van der Waals surface area (Å²) in [6, 6.07) is 10.5. The van der Waals surface area contributed by atoms with Crippen molar-refractivity contribution in [2.45, 2.75) is 6.92 Å². The molecule has 138 valence electrons. The lowest BCUT2D eigenvalue weighted by Gasteiger charge is -2.34. The van der Waals surface area contributed by atoms with Gasteiger partial charge in [-0.2, -0.15) is 0 Å². The molecule has 1 fully saturated rings.